The van der Waals surface area contributed by atoms with E-state index in [4.69, 9.17) is 9.47 Å². The molecular weight excluding hydrogens is 338 g/mol. The van der Waals surface area contributed by atoms with Gasteiger partial charge in [-0.05, 0) is 29.7 Å². The number of thioether (sulfide) groups is 1. The van der Waals surface area contributed by atoms with Gasteiger partial charge < -0.3 is 14.8 Å². The molecule has 0 bridgehead atoms. The second-order valence-corrected chi connectivity index (χ2v) is 6.62. The molecule has 25 heavy (non-hydrogen) atoms. The van der Waals surface area contributed by atoms with E-state index in [1.807, 2.05) is 24.3 Å². The van der Waals surface area contributed by atoms with Crippen LogP contribution in [0, 0.1) is 0 Å². The number of carbonyl (C=O) groups is 1. The standard InChI is InChI=1S/C18H23N3O3S/c1-12(2)13-5-7-14(8-6-13)20-16(22)11-25-18-19-10-9-15(21-18)17(23-3)24-4/h5-10,12,17H,11H2,1-4H3,(H,20,22). The summed E-state index contributed by atoms with van der Waals surface area (Å²) in [6.45, 7) is 4.27. The third-order valence-corrected chi connectivity index (χ3v) is 4.38. The minimum atomic E-state index is -0.546. The van der Waals surface area contributed by atoms with Crippen LogP contribution in [0.25, 0.3) is 0 Å². The van der Waals surface area contributed by atoms with Crippen molar-refractivity contribution in [2.75, 3.05) is 25.3 Å². The van der Waals surface area contributed by atoms with Crippen LogP contribution in [-0.2, 0) is 14.3 Å². The molecule has 0 radical (unpaired) electrons. The van der Waals surface area contributed by atoms with Crippen molar-refractivity contribution < 1.29 is 14.3 Å². The number of hydrogen-bond acceptors (Lipinski definition) is 6. The normalized spacial score (nSPS) is 11.1. The van der Waals surface area contributed by atoms with Crippen LogP contribution in [-0.4, -0.2) is 35.8 Å². The molecule has 1 N–H and O–H groups in total. The highest BCUT2D eigenvalue weighted by Gasteiger charge is 2.12. The van der Waals surface area contributed by atoms with E-state index >= 15 is 0 Å². The zero-order valence-electron chi connectivity index (χ0n) is 14.9. The number of ether oxygens (including phenoxy) is 2. The van der Waals surface area contributed by atoms with E-state index in [9.17, 15) is 4.79 Å². The monoisotopic (exact) mass is 361 g/mol. The maximum atomic E-state index is 12.1. The van der Waals surface area contributed by atoms with Gasteiger partial charge in [0, 0.05) is 26.1 Å². The van der Waals surface area contributed by atoms with Crippen molar-refractivity contribution in [3.63, 3.8) is 0 Å². The van der Waals surface area contributed by atoms with E-state index in [-0.39, 0.29) is 11.7 Å². The number of methoxy groups -OCH3 is 2. The lowest BCUT2D eigenvalue weighted by molar-refractivity contribution is -0.113. The van der Waals surface area contributed by atoms with Gasteiger partial charge in [0.2, 0.25) is 12.2 Å². The van der Waals surface area contributed by atoms with Crippen molar-refractivity contribution in [1.82, 2.24) is 9.97 Å². The highest BCUT2D eigenvalue weighted by atomic mass is 32.2. The summed E-state index contributed by atoms with van der Waals surface area (Å²) in [5.41, 5.74) is 2.64. The molecule has 1 aromatic carbocycles. The fourth-order valence-electron chi connectivity index (χ4n) is 2.17. The molecular formula is C18H23N3O3S. The lowest BCUT2D eigenvalue weighted by atomic mass is 10.0. The SMILES string of the molecule is COC(OC)c1ccnc(SCC(=O)Nc2ccc(C(C)C)cc2)n1. The average Bonchev–Trinajstić information content (AvgIpc) is 2.62. The molecule has 0 fully saturated rings. The molecule has 0 aliphatic carbocycles. The molecule has 0 saturated carbocycles. The van der Waals surface area contributed by atoms with Gasteiger partial charge in [-0.2, -0.15) is 0 Å². The first-order valence-corrected chi connectivity index (χ1v) is 8.93. The van der Waals surface area contributed by atoms with E-state index in [1.54, 1.807) is 26.5 Å². The average molecular weight is 361 g/mol. The van der Waals surface area contributed by atoms with Gasteiger partial charge >= 0.3 is 0 Å². The fourth-order valence-corrected chi connectivity index (χ4v) is 2.81. The Morgan fingerprint density at radius 3 is 2.44 bits per heavy atom. The number of nitrogens with zero attached hydrogens (tertiary/aromatic N) is 2. The number of anilines is 1. The van der Waals surface area contributed by atoms with E-state index < -0.39 is 6.29 Å². The zero-order chi connectivity index (χ0) is 18.2. The molecule has 7 heteroatoms. The van der Waals surface area contributed by atoms with Gasteiger partial charge in [-0.1, -0.05) is 37.7 Å². The summed E-state index contributed by atoms with van der Waals surface area (Å²) >= 11 is 1.26. The van der Waals surface area contributed by atoms with Gasteiger partial charge in [0.15, 0.2) is 5.16 Å². The Kier molecular flexibility index (Phi) is 7.36. The first-order chi connectivity index (χ1) is 12.0. The molecule has 0 spiro atoms. The summed E-state index contributed by atoms with van der Waals surface area (Å²) in [4.78, 5) is 20.6. The second kappa shape index (κ2) is 9.50. The number of amides is 1. The van der Waals surface area contributed by atoms with Gasteiger partial charge in [0.05, 0.1) is 5.75 Å². The molecule has 2 rings (SSSR count). The van der Waals surface area contributed by atoms with Crippen LogP contribution in [0.1, 0.15) is 37.3 Å². The number of hydrogen-bond donors (Lipinski definition) is 1. The Hall–Kier alpha value is -1.96. The second-order valence-electron chi connectivity index (χ2n) is 5.68. The van der Waals surface area contributed by atoms with Crippen LogP contribution in [0.2, 0.25) is 0 Å². The van der Waals surface area contributed by atoms with Crippen molar-refractivity contribution in [3.8, 4) is 0 Å². The summed E-state index contributed by atoms with van der Waals surface area (Å²) in [7, 11) is 3.09. The lowest BCUT2D eigenvalue weighted by Gasteiger charge is -2.12. The molecule has 6 nitrogen and oxygen atoms in total. The largest absolute Gasteiger partial charge is 0.350 e. The van der Waals surface area contributed by atoms with Crippen molar-refractivity contribution >= 4 is 23.4 Å². The third-order valence-electron chi connectivity index (χ3n) is 3.52. The number of aromatic nitrogens is 2. The number of benzene rings is 1. The smallest absolute Gasteiger partial charge is 0.234 e. The maximum Gasteiger partial charge on any atom is 0.234 e. The number of carbonyl (C=O) groups excluding carboxylic acids is 1. The molecule has 1 aromatic heterocycles. The summed E-state index contributed by atoms with van der Waals surface area (Å²) in [5.74, 6) is 0.583. The molecule has 0 aliphatic rings. The summed E-state index contributed by atoms with van der Waals surface area (Å²) < 4.78 is 10.3. The summed E-state index contributed by atoms with van der Waals surface area (Å²) in [6, 6.07) is 9.59. The molecule has 0 atom stereocenters. The summed E-state index contributed by atoms with van der Waals surface area (Å²) in [6.07, 6.45) is 1.08. The predicted octanol–water partition coefficient (Wildman–Crippen LogP) is 3.62. The third kappa shape index (κ3) is 5.81. The molecule has 2 aromatic rings. The molecule has 0 unspecified atom stereocenters. The van der Waals surface area contributed by atoms with Crippen molar-refractivity contribution in [2.45, 2.75) is 31.2 Å². The van der Waals surface area contributed by atoms with Crippen LogP contribution in [0.4, 0.5) is 5.69 Å². The van der Waals surface area contributed by atoms with Crippen LogP contribution in [0.3, 0.4) is 0 Å². The van der Waals surface area contributed by atoms with E-state index in [0.717, 1.165) is 5.69 Å². The zero-order valence-corrected chi connectivity index (χ0v) is 15.7. The van der Waals surface area contributed by atoms with Gasteiger partial charge in [0.25, 0.3) is 0 Å². The van der Waals surface area contributed by atoms with E-state index in [2.05, 4.69) is 29.1 Å². The van der Waals surface area contributed by atoms with Crippen LogP contribution < -0.4 is 5.32 Å². The van der Waals surface area contributed by atoms with Crippen LogP contribution >= 0.6 is 11.8 Å². The molecule has 0 saturated heterocycles. The first kappa shape index (κ1) is 19.4. The Morgan fingerprint density at radius 1 is 1.16 bits per heavy atom. The van der Waals surface area contributed by atoms with Gasteiger partial charge in [-0.25, -0.2) is 9.97 Å². The van der Waals surface area contributed by atoms with E-state index in [0.29, 0.717) is 16.8 Å². The Morgan fingerprint density at radius 2 is 1.84 bits per heavy atom. The van der Waals surface area contributed by atoms with Crippen molar-refractivity contribution in [1.29, 1.82) is 0 Å². The molecule has 134 valence electrons. The molecule has 1 heterocycles. The van der Waals surface area contributed by atoms with E-state index in [1.165, 1.54) is 17.3 Å². The van der Waals surface area contributed by atoms with Crippen molar-refractivity contribution in [3.05, 3.63) is 47.8 Å². The highest BCUT2D eigenvalue weighted by molar-refractivity contribution is 7.99. The van der Waals surface area contributed by atoms with Crippen LogP contribution in [0.5, 0.6) is 0 Å². The number of nitrogens with one attached hydrogen (secondary N) is 1. The number of rotatable bonds is 8. The van der Waals surface area contributed by atoms with Gasteiger partial charge in [0.1, 0.15) is 5.69 Å². The Balaban J connectivity index is 1.90. The molecule has 1 amide bonds. The fraction of sp³-hybridized carbons (Fsp3) is 0.389. The quantitative estimate of drug-likeness (QED) is 0.440. The maximum absolute atomic E-state index is 12.1. The highest BCUT2D eigenvalue weighted by Crippen LogP contribution is 2.20. The van der Waals surface area contributed by atoms with Gasteiger partial charge in [-0.15, -0.1) is 0 Å². The summed E-state index contributed by atoms with van der Waals surface area (Å²) in [5, 5.41) is 3.38. The molecule has 0 aliphatic heterocycles. The first-order valence-electron chi connectivity index (χ1n) is 7.94. The Labute approximate surface area is 152 Å². The Bertz CT molecular complexity index is 688. The van der Waals surface area contributed by atoms with Gasteiger partial charge in [-0.3, -0.25) is 4.79 Å². The lowest BCUT2D eigenvalue weighted by Crippen LogP contribution is -2.14. The van der Waals surface area contributed by atoms with Crippen LogP contribution in [0.15, 0.2) is 41.7 Å². The topological polar surface area (TPSA) is 73.3 Å². The minimum Gasteiger partial charge on any atom is -0.350 e. The predicted molar refractivity (Wildman–Crippen MR) is 98.7 cm³/mol. The van der Waals surface area contributed by atoms with Crippen molar-refractivity contribution in [2.24, 2.45) is 0 Å². The minimum absolute atomic E-state index is 0.105.